The zero-order valence-electron chi connectivity index (χ0n) is 14.7. The summed E-state index contributed by atoms with van der Waals surface area (Å²) in [6.07, 6.45) is 0. The highest BCUT2D eigenvalue weighted by atomic mass is 32.1. The van der Waals surface area contributed by atoms with Crippen LogP contribution in [0.2, 0.25) is 0 Å². The van der Waals surface area contributed by atoms with Crippen LogP contribution in [0, 0.1) is 0 Å². The van der Waals surface area contributed by atoms with Gasteiger partial charge in [0.15, 0.2) is 0 Å². The fraction of sp³-hybridized carbons (Fsp3) is 0.400. The van der Waals surface area contributed by atoms with Gasteiger partial charge in [0, 0.05) is 25.1 Å². The van der Waals surface area contributed by atoms with Gasteiger partial charge in [0.2, 0.25) is 0 Å². The zero-order valence-corrected chi connectivity index (χ0v) is 17.1. The topological polar surface area (TPSA) is 0 Å². The third kappa shape index (κ3) is 3.47. The average Bonchev–Trinajstić information content (AvgIpc) is 3.16. The monoisotopic (exact) mass is 360 g/mol. The minimum Gasteiger partial charge on any atom is -0.142 e. The van der Waals surface area contributed by atoms with Crippen molar-refractivity contribution in [2.45, 2.75) is 52.4 Å². The first-order valence-corrected chi connectivity index (χ1v) is 10.5. The second kappa shape index (κ2) is 5.87. The Balaban J connectivity index is 2.00. The van der Waals surface area contributed by atoms with Crippen LogP contribution >= 0.6 is 34.0 Å². The van der Waals surface area contributed by atoms with Crippen LogP contribution in [0.4, 0.5) is 0 Å². The SMILES string of the molecule is CC(C)(C)c1ccc(-c2ccsc2-c2ccc(C(C)(C)C)s2)s1. The molecule has 0 saturated heterocycles. The molecule has 0 N–H and O–H groups in total. The van der Waals surface area contributed by atoms with E-state index in [1.54, 1.807) is 0 Å². The van der Waals surface area contributed by atoms with Crippen LogP contribution in [0.3, 0.4) is 0 Å². The van der Waals surface area contributed by atoms with Crippen molar-refractivity contribution in [2.24, 2.45) is 0 Å². The summed E-state index contributed by atoms with van der Waals surface area (Å²) < 4.78 is 0. The van der Waals surface area contributed by atoms with E-state index in [2.05, 4.69) is 77.3 Å². The third-order valence-electron chi connectivity index (χ3n) is 3.84. The largest absolute Gasteiger partial charge is 0.142 e. The molecule has 3 heteroatoms. The molecular formula is C20H24S3. The summed E-state index contributed by atoms with van der Waals surface area (Å²) in [6.45, 7) is 13.7. The molecule has 0 fully saturated rings. The predicted molar refractivity (Wildman–Crippen MR) is 108 cm³/mol. The lowest BCUT2D eigenvalue weighted by molar-refractivity contribution is 0.603. The van der Waals surface area contributed by atoms with Crippen molar-refractivity contribution in [3.05, 3.63) is 45.5 Å². The maximum Gasteiger partial charge on any atom is 0.0529 e. The smallest absolute Gasteiger partial charge is 0.0529 e. The van der Waals surface area contributed by atoms with Gasteiger partial charge in [0.05, 0.1) is 4.88 Å². The second-order valence-electron chi connectivity index (χ2n) is 7.99. The molecule has 3 aromatic rings. The molecule has 122 valence electrons. The summed E-state index contributed by atoms with van der Waals surface area (Å²) in [5.74, 6) is 0. The highest BCUT2D eigenvalue weighted by Crippen LogP contribution is 2.45. The van der Waals surface area contributed by atoms with Crippen LogP contribution in [0.15, 0.2) is 35.7 Å². The van der Waals surface area contributed by atoms with Gasteiger partial charge >= 0.3 is 0 Å². The Bertz CT molecular complexity index is 734. The van der Waals surface area contributed by atoms with Gasteiger partial charge in [-0.15, -0.1) is 34.0 Å². The fourth-order valence-corrected chi connectivity index (χ4v) is 5.72. The van der Waals surface area contributed by atoms with Gasteiger partial charge in [-0.1, -0.05) is 41.5 Å². The van der Waals surface area contributed by atoms with Crippen molar-refractivity contribution >= 4 is 34.0 Å². The maximum atomic E-state index is 2.29. The summed E-state index contributed by atoms with van der Waals surface area (Å²) >= 11 is 5.72. The number of hydrogen-bond donors (Lipinski definition) is 0. The Morgan fingerprint density at radius 2 is 1.17 bits per heavy atom. The van der Waals surface area contributed by atoms with Crippen molar-refractivity contribution < 1.29 is 0 Å². The molecule has 0 aliphatic carbocycles. The average molecular weight is 361 g/mol. The normalized spacial score (nSPS) is 12.8. The first-order chi connectivity index (χ1) is 10.7. The molecule has 0 bridgehead atoms. The highest BCUT2D eigenvalue weighted by Gasteiger charge is 2.21. The summed E-state index contributed by atoms with van der Waals surface area (Å²) in [6, 6.07) is 11.4. The van der Waals surface area contributed by atoms with Crippen LogP contribution in [-0.4, -0.2) is 0 Å². The van der Waals surface area contributed by atoms with Gasteiger partial charge in [0.1, 0.15) is 0 Å². The molecule has 0 spiro atoms. The minimum absolute atomic E-state index is 0.224. The van der Waals surface area contributed by atoms with Gasteiger partial charge in [-0.05, 0) is 46.5 Å². The second-order valence-corrected chi connectivity index (χ2v) is 11.1. The molecule has 0 aliphatic rings. The van der Waals surface area contributed by atoms with E-state index in [0.29, 0.717) is 0 Å². The lowest BCUT2D eigenvalue weighted by Gasteiger charge is -2.15. The molecule has 0 atom stereocenters. The molecule has 23 heavy (non-hydrogen) atoms. The highest BCUT2D eigenvalue weighted by molar-refractivity contribution is 7.22. The molecule has 0 amide bonds. The summed E-state index contributed by atoms with van der Waals surface area (Å²) in [4.78, 5) is 7.09. The molecule has 3 rings (SSSR count). The van der Waals surface area contributed by atoms with E-state index in [-0.39, 0.29) is 10.8 Å². The van der Waals surface area contributed by atoms with E-state index in [0.717, 1.165) is 0 Å². The van der Waals surface area contributed by atoms with Gasteiger partial charge in [-0.3, -0.25) is 0 Å². The number of thiophene rings is 3. The summed E-state index contributed by atoms with van der Waals surface area (Å²) in [5.41, 5.74) is 1.84. The minimum atomic E-state index is 0.224. The van der Waals surface area contributed by atoms with E-state index >= 15 is 0 Å². The van der Waals surface area contributed by atoms with Gasteiger partial charge in [-0.25, -0.2) is 0 Å². The van der Waals surface area contributed by atoms with Crippen LogP contribution < -0.4 is 0 Å². The van der Waals surface area contributed by atoms with E-state index in [9.17, 15) is 0 Å². The Morgan fingerprint density at radius 1 is 0.652 bits per heavy atom. The van der Waals surface area contributed by atoms with Crippen LogP contribution in [-0.2, 0) is 10.8 Å². The molecular weight excluding hydrogens is 336 g/mol. The van der Waals surface area contributed by atoms with Crippen LogP contribution in [0.5, 0.6) is 0 Å². The van der Waals surface area contributed by atoms with E-state index in [1.165, 1.54) is 29.9 Å². The summed E-state index contributed by atoms with van der Waals surface area (Å²) in [5, 5.41) is 2.22. The van der Waals surface area contributed by atoms with Crippen molar-refractivity contribution in [1.82, 2.24) is 0 Å². The first kappa shape index (κ1) is 16.9. The van der Waals surface area contributed by atoms with Crippen LogP contribution in [0.25, 0.3) is 20.2 Å². The molecule has 0 aromatic carbocycles. The molecule has 0 radical (unpaired) electrons. The third-order valence-corrected chi connectivity index (χ3v) is 7.99. The molecule has 0 unspecified atom stereocenters. The Labute approximate surface area is 151 Å². The standard InChI is InChI=1S/C20H24S3/c1-19(2,3)16-9-7-14(22-16)13-11-12-21-18(13)15-8-10-17(23-15)20(4,5)6/h7-12H,1-6H3. The van der Waals surface area contributed by atoms with Gasteiger partial charge < -0.3 is 0 Å². The Morgan fingerprint density at radius 3 is 1.70 bits per heavy atom. The van der Waals surface area contributed by atoms with E-state index < -0.39 is 0 Å². The van der Waals surface area contributed by atoms with Crippen molar-refractivity contribution in [3.63, 3.8) is 0 Å². The van der Waals surface area contributed by atoms with Gasteiger partial charge in [0.25, 0.3) is 0 Å². The zero-order chi connectivity index (χ0) is 16.8. The van der Waals surface area contributed by atoms with Crippen molar-refractivity contribution in [3.8, 4) is 20.2 Å². The number of rotatable bonds is 2. The Kier molecular flexibility index (Phi) is 4.33. The molecule has 0 saturated carbocycles. The number of hydrogen-bond acceptors (Lipinski definition) is 3. The first-order valence-electron chi connectivity index (χ1n) is 7.95. The molecule has 0 nitrogen and oxygen atoms in total. The summed E-state index contributed by atoms with van der Waals surface area (Å²) in [7, 11) is 0. The Hall–Kier alpha value is -0.900. The predicted octanol–water partition coefficient (Wildman–Crippen LogP) is 7.80. The molecule has 3 aromatic heterocycles. The van der Waals surface area contributed by atoms with Crippen molar-refractivity contribution in [2.75, 3.05) is 0 Å². The van der Waals surface area contributed by atoms with Gasteiger partial charge in [-0.2, -0.15) is 0 Å². The molecule has 3 heterocycles. The van der Waals surface area contributed by atoms with E-state index in [4.69, 9.17) is 0 Å². The van der Waals surface area contributed by atoms with Crippen LogP contribution in [0.1, 0.15) is 51.3 Å². The van der Waals surface area contributed by atoms with Crippen molar-refractivity contribution in [1.29, 1.82) is 0 Å². The molecule has 0 aliphatic heterocycles. The fourth-order valence-electron chi connectivity index (χ4n) is 2.44. The van der Waals surface area contributed by atoms with E-state index in [1.807, 2.05) is 34.0 Å². The maximum absolute atomic E-state index is 2.29. The quantitative estimate of drug-likeness (QED) is 0.437. The lowest BCUT2D eigenvalue weighted by Crippen LogP contribution is -2.07. The lowest BCUT2D eigenvalue weighted by atomic mass is 9.95.